The minimum absolute atomic E-state index is 0.195. The highest BCUT2D eigenvalue weighted by Gasteiger charge is 2.38. The predicted octanol–water partition coefficient (Wildman–Crippen LogP) is 1.41. The average molecular weight is 279 g/mol. The molecule has 0 bridgehead atoms. The summed E-state index contributed by atoms with van der Waals surface area (Å²) in [5, 5.41) is 0. The highest BCUT2D eigenvalue weighted by Crippen LogP contribution is 2.29. The molecular formula is C10H8F3NO3S. The summed E-state index contributed by atoms with van der Waals surface area (Å²) in [5.74, 6) is -6.84. The molecule has 1 aromatic rings. The van der Waals surface area contributed by atoms with Gasteiger partial charge < -0.3 is 0 Å². The number of hydrogen-bond donors (Lipinski definition) is 0. The Morgan fingerprint density at radius 1 is 1.28 bits per heavy atom. The molecule has 1 heterocycles. The number of carbonyl (C=O) groups excluding carboxylic acids is 1. The number of sulfonamides is 1. The van der Waals surface area contributed by atoms with E-state index in [1.165, 1.54) is 6.92 Å². The number of halogens is 3. The number of fused-ring (bicyclic) bond motifs is 1. The summed E-state index contributed by atoms with van der Waals surface area (Å²) < 4.78 is 63.3. The normalized spacial score (nSPS) is 17.8. The molecule has 1 aromatic carbocycles. The number of benzene rings is 1. The van der Waals surface area contributed by atoms with Crippen LogP contribution in [-0.2, 0) is 15.8 Å². The Balaban J connectivity index is 2.75. The highest BCUT2D eigenvalue weighted by atomic mass is 32.2. The third-order valence-electron chi connectivity index (χ3n) is 2.65. The van der Waals surface area contributed by atoms with Gasteiger partial charge in [-0.1, -0.05) is 0 Å². The molecule has 0 saturated carbocycles. The lowest BCUT2D eigenvalue weighted by Crippen LogP contribution is -2.42. The summed E-state index contributed by atoms with van der Waals surface area (Å²) in [6, 6.07) is 0.538. The molecule has 98 valence electrons. The van der Waals surface area contributed by atoms with Crippen LogP contribution in [0.4, 0.5) is 13.2 Å². The molecule has 0 radical (unpaired) electrons. The maximum Gasteiger partial charge on any atom is 0.270 e. The van der Waals surface area contributed by atoms with Crippen molar-refractivity contribution in [2.75, 3.05) is 6.54 Å². The van der Waals surface area contributed by atoms with E-state index in [0.717, 1.165) is 0 Å². The van der Waals surface area contributed by atoms with Crippen LogP contribution in [0.15, 0.2) is 6.07 Å². The molecule has 0 aliphatic carbocycles. The van der Waals surface area contributed by atoms with Gasteiger partial charge in [0.05, 0.1) is 11.3 Å². The van der Waals surface area contributed by atoms with Gasteiger partial charge in [0.15, 0.2) is 17.5 Å². The van der Waals surface area contributed by atoms with Crippen LogP contribution in [0.5, 0.6) is 0 Å². The van der Waals surface area contributed by atoms with Gasteiger partial charge in [0, 0.05) is 6.54 Å². The third-order valence-corrected chi connectivity index (χ3v) is 4.42. The van der Waals surface area contributed by atoms with E-state index in [9.17, 15) is 26.4 Å². The highest BCUT2D eigenvalue weighted by molar-refractivity contribution is 7.89. The van der Waals surface area contributed by atoms with Crippen LogP contribution in [0.25, 0.3) is 0 Å². The summed E-state index contributed by atoms with van der Waals surface area (Å²) in [4.78, 5) is 11.8. The molecule has 0 N–H and O–H groups in total. The van der Waals surface area contributed by atoms with Gasteiger partial charge in [-0.2, -0.15) is 0 Å². The van der Waals surface area contributed by atoms with Crippen molar-refractivity contribution in [2.24, 2.45) is 0 Å². The summed E-state index contributed by atoms with van der Waals surface area (Å²) in [5.41, 5.74) is -1.08. The Kier molecular flexibility index (Phi) is 2.84. The smallest absolute Gasteiger partial charge is 0.268 e. The molecular weight excluding hydrogens is 271 g/mol. The van der Waals surface area contributed by atoms with Crippen molar-refractivity contribution >= 4 is 15.9 Å². The second kappa shape index (κ2) is 3.98. The quantitative estimate of drug-likeness (QED) is 0.730. The number of nitrogens with zero attached hydrogens (tertiary/aromatic N) is 1. The average Bonchev–Trinajstić information content (AvgIpc) is 2.24. The zero-order valence-electron chi connectivity index (χ0n) is 9.21. The zero-order chi connectivity index (χ0) is 13.7. The van der Waals surface area contributed by atoms with Crippen molar-refractivity contribution in [3.8, 4) is 0 Å². The Morgan fingerprint density at radius 3 is 2.44 bits per heavy atom. The standard InChI is InChI=1S/C10H8F3NO3S/c1-2-14-10(15)7-5(4-18(14,16)17)3-6(11)8(12)9(7)13/h3H,2,4H2,1H3. The van der Waals surface area contributed by atoms with Crippen LogP contribution in [0, 0.1) is 17.5 Å². The van der Waals surface area contributed by atoms with Gasteiger partial charge in [-0.25, -0.2) is 25.9 Å². The Labute approximate surface area is 101 Å². The lowest BCUT2D eigenvalue weighted by Gasteiger charge is -2.27. The monoisotopic (exact) mass is 279 g/mol. The first-order valence-corrected chi connectivity index (χ1v) is 6.61. The van der Waals surface area contributed by atoms with Gasteiger partial charge in [-0.3, -0.25) is 4.79 Å². The molecule has 1 aliphatic heterocycles. The largest absolute Gasteiger partial charge is 0.270 e. The molecule has 4 nitrogen and oxygen atoms in total. The summed E-state index contributed by atoms with van der Waals surface area (Å²) in [7, 11) is -3.95. The van der Waals surface area contributed by atoms with Crippen molar-refractivity contribution in [3.05, 3.63) is 34.6 Å². The minimum atomic E-state index is -3.95. The second-order valence-electron chi connectivity index (χ2n) is 3.75. The van der Waals surface area contributed by atoms with E-state index >= 15 is 0 Å². The minimum Gasteiger partial charge on any atom is -0.268 e. The van der Waals surface area contributed by atoms with Crippen LogP contribution in [0.1, 0.15) is 22.8 Å². The number of hydrogen-bond acceptors (Lipinski definition) is 3. The van der Waals surface area contributed by atoms with Crippen LogP contribution in [0.3, 0.4) is 0 Å². The maximum absolute atomic E-state index is 13.5. The lowest BCUT2D eigenvalue weighted by atomic mass is 10.1. The molecule has 8 heteroatoms. The van der Waals surface area contributed by atoms with Gasteiger partial charge in [0.1, 0.15) is 0 Å². The fourth-order valence-corrected chi connectivity index (χ4v) is 3.37. The van der Waals surface area contributed by atoms with Crippen molar-refractivity contribution in [1.82, 2.24) is 4.31 Å². The molecule has 0 atom stereocenters. The molecule has 0 spiro atoms. The van der Waals surface area contributed by atoms with Crippen LogP contribution in [-0.4, -0.2) is 25.2 Å². The number of amides is 1. The fraction of sp³-hybridized carbons (Fsp3) is 0.300. The molecule has 0 aromatic heterocycles. The number of rotatable bonds is 1. The zero-order valence-corrected chi connectivity index (χ0v) is 10.0. The third kappa shape index (κ3) is 1.67. The van der Waals surface area contributed by atoms with E-state index in [1.807, 2.05) is 0 Å². The van der Waals surface area contributed by atoms with Crippen LogP contribution in [0.2, 0.25) is 0 Å². The van der Waals surface area contributed by atoms with E-state index < -0.39 is 44.7 Å². The van der Waals surface area contributed by atoms with E-state index in [0.29, 0.717) is 10.4 Å². The molecule has 1 amide bonds. The van der Waals surface area contributed by atoms with E-state index in [-0.39, 0.29) is 12.1 Å². The van der Waals surface area contributed by atoms with Gasteiger partial charge in [-0.15, -0.1) is 0 Å². The molecule has 0 saturated heterocycles. The van der Waals surface area contributed by atoms with Crippen molar-refractivity contribution in [3.63, 3.8) is 0 Å². The first-order chi connectivity index (χ1) is 8.29. The topological polar surface area (TPSA) is 54.5 Å². The lowest BCUT2D eigenvalue weighted by molar-refractivity contribution is 0.0854. The second-order valence-corrected chi connectivity index (χ2v) is 5.64. The Morgan fingerprint density at radius 2 is 1.89 bits per heavy atom. The van der Waals surface area contributed by atoms with Crippen molar-refractivity contribution in [1.29, 1.82) is 0 Å². The molecule has 18 heavy (non-hydrogen) atoms. The van der Waals surface area contributed by atoms with Gasteiger partial charge in [0.25, 0.3) is 5.91 Å². The molecule has 2 rings (SSSR count). The van der Waals surface area contributed by atoms with E-state index in [4.69, 9.17) is 0 Å². The van der Waals surface area contributed by atoms with Crippen LogP contribution >= 0.6 is 0 Å². The van der Waals surface area contributed by atoms with Gasteiger partial charge >= 0.3 is 0 Å². The first kappa shape index (κ1) is 12.9. The number of carbonyl (C=O) groups is 1. The SMILES string of the molecule is CCN1C(=O)c2c(cc(F)c(F)c2F)CS1(=O)=O. The fourth-order valence-electron chi connectivity index (χ4n) is 1.85. The Bertz CT molecular complexity index is 642. The van der Waals surface area contributed by atoms with E-state index in [1.54, 1.807) is 0 Å². The molecule has 0 unspecified atom stereocenters. The molecule has 0 fully saturated rings. The predicted molar refractivity (Wildman–Crippen MR) is 55.7 cm³/mol. The summed E-state index contributed by atoms with van der Waals surface area (Å²) in [6.45, 7) is 1.19. The summed E-state index contributed by atoms with van der Waals surface area (Å²) in [6.07, 6.45) is 0. The summed E-state index contributed by atoms with van der Waals surface area (Å²) >= 11 is 0. The van der Waals surface area contributed by atoms with Crippen molar-refractivity contribution < 1.29 is 26.4 Å². The van der Waals surface area contributed by atoms with Gasteiger partial charge in [0.2, 0.25) is 10.0 Å². The van der Waals surface area contributed by atoms with Crippen molar-refractivity contribution in [2.45, 2.75) is 12.7 Å². The van der Waals surface area contributed by atoms with Crippen LogP contribution < -0.4 is 0 Å². The first-order valence-electron chi connectivity index (χ1n) is 5.00. The van der Waals surface area contributed by atoms with E-state index in [2.05, 4.69) is 0 Å². The molecule has 1 aliphatic rings. The van der Waals surface area contributed by atoms with Gasteiger partial charge in [-0.05, 0) is 18.6 Å². The Hall–Kier alpha value is -1.57. The maximum atomic E-state index is 13.5.